The number of fused-ring (bicyclic) bond motifs is 2. The van der Waals surface area contributed by atoms with Gasteiger partial charge in [0.2, 0.25) is 0 Å². The van der Waals surface area contributed by atoms with Gasteiger partial charge in [0.1, 0.15) is 6.10 Å². The number of benzene rings is 3. The molecule has 0 aliphatic heterocycles. The maximum atomic E-state index is 12.2. The normalized spacial score (nSPS) is 13.2. The molecule has 3 aromatic rings. The highest BCUT2D eigenvalue weighted by molar-refractivity contribution is 5.99. The number of ether oxygens (including phenoxy) is 1. The minimum absolute atomic E-state index is 0.178. The van der Waals surface area contributed by atoms with E-state index in [1.807, 2.05) is 52.0 Å². The van der Waals surface area contributed by atoms with Gasteiger partial charge >= 0.3 is 5.97 Å². The summed E-state index contributed by atoms with van der Waals surface area (Å²) < 4.78 is 5.68. The summed E-state index contributed by atoms with van der Waals surface area (Å²) in [6, 6.07) is 18.8. The first kappa shape index (κ1) is 15.5. The highest BCUT2D eigenvalue weighted by Crippen LogP contribution is 2.31. The predicted octanol–water partition coefficient (Wildman–Crippen LogP) is 5.64. The molecule has 0 saturated heterocycles. The summed E-state index contributed by atoms with van der Waals surface area (Å²) in [4.78, 5) is 12.2. The van der Waals surface area contributed by atoms with Crippen molar-refractivity contribution in [3.05, 3.63) is 60.2 Å². The number of rotatable bonds is 2. The van der Waals surface area contributed by atoms with E-state index in [4.69, 9.17) is 4.74 Å². The van der Waals surface area contributed by atoms with Crippen LogP contribution in [-0.4, -0.2) is 5.97 Å². The van der Waals surface area contributed by atoms with Crippen molar-refractivity contribution in [1.82, 2.24) is 0 Å². The van der Waals surface area contributed by atoms with Gasteiger partial charge < -0.3 is 4.74 Å². The Labute approximate surface area is 137 Å². The third-order valence-electron chi connectivity index (χ3n) is 4.11. The summed E-state index contributed by atoms with van der Waals surface area (Å²) in [6.07, 6.45) is -0.272. The quantitative estimate of drug-likeness (QED) is 0.452. The lowest BCUT2D eigenvalue weighted by Crippen LogP contribution is -2.24. The molecule has 0 fully saturated rings. The molecule has 1 unspecified atom stereocenters. The summed E-state index contributed by atoms with van der Waals surface area (Å²) in [5.74, 6) is -0.178. The smallest absolute Gasteiger partial charge is 0.311 e. The summed E-state index contributed by atoms with van der Waals surface area (Å²) >= 11 is 0. The lowest BCUT2D eigenvalue weighted by atomic mass is 9.96. The van der Waals surface area contributed by atoms with Crippen LogP contribution in [0.2, 0.25) is 0 Å². The van der Waals surface area contributed by atoms with E-state index in [1.165, 1.54) is 16.2 Å². The van der Waals surface area contributed by atoms with Crippen LogP contribution in [0.25, 0.3) is 21.5 Å². The van der Waals surface area contributed by atoms with Gasteiger partial charge in [0.05, 0.1) is 5.41 Å². The van der Waals surface area contributed by atoms with Gasteiger partial charge in [-0.25, -0.2) is 0 Å². The molecule has 2 nitrogen and oxygen atoms in total. The van der Waals surface area contributed by atoms with E-state index >= 15 is 0 Å². The van der Waals surface area contributed by atoms with E-state index < -0.39 is 5.41 Å². The first-order valence-corrected chi connectivity index (χ1v) is 7.99. The summed E-state index contributed by atoms with van der Waals surface area (Å²) in [7, 11) is 0. The SMILES string of the molecule is CC(OC(=O)C(C)(C)C)c1cccc2cc3ccccc3cc12. The van der Waals surface area contributed by atoms with Crippen LogP contribution >= 0.6 is 0 Å². The molecule has 2 heteroatoms. The highest BCUT2D eigenvalue weighted by atomic mass is 16.5. The molecule has 118 valence electrons. The van der Waals surface area contributed by atoms with Crippen LogP contribution in [0.5, 0.6) is 0 Å². The van der Waals surface area contributed by atoms with E-state index in [0.717, 1.165) is 10.9 Å². The molecule has 23 heavy (non-hydrogen) atoms. The Balaban J connectivity index is 2.06. The first-order chi connectivity index (χ1) is 10.9. The van der Waals surface area contributed by atoms with E-state index in [-0.39, 0.29) is 12.1 Å². The van der Waals surface area contributed by atoms with Crippen molar-refractivity contribution >= 4 is 27.5 Å². The van der Waals surface area contributed by atoms with Gasteiger partial charge in [-0.1, -0.05) is 42.5 Å². The molecule has 0 aliphatic carbocycles. The van der Waals surface area contributed by atoms with Crippen molar-refractivity contribution in [2.75, 3.05) is 0 Å². The maximum Gasteiger partial charge on any atom is 0.311 e. The minimum atomic E-state index is -0.495. The van der Waals surface area contributed by atoms with E-state index in [1.54, 1.807) is 0 Å². The Bertz CT molecular complexity index is 872. The zero-order valence-electron chi connectivity index (χ0n) is 14.1. The summed E-state index contributed by atoms with van der Waals surface area (Å²) in [5, 5.41) is 4.72. The zero-order valence-corrected chi connectivity index (χ0v) is 14.1. The second-order valence-electron chi connectivity index (χ2n) is 7.07. The predicted molar refractivity (Wildman–Crippen MR) is 95.4 cm³/mol. The lowest BCUT2D eigenvalue weighted by Gasteiger charge is -2.22. The number of carbonyl (C=O) groups excluding carboxylic acids is 1. The highest BCUT2D eigenvalue weighted by Gasteiger charge is 2.25. The molecule has 1 atom stereocenters. The van der Waals surface area contributed by atoms with Crippen molar-refractivity contribution in [3.63, 3.8) is 0 Å². The first-order valence-electron chi connectivity index (χ1n) is 7.99. The molecule has 0 heterocycles. The largest absolute Gasteiger partial charge is 0.457 e. The molecule has 0 aromatic heterocycles. The molecule has 0 N–H and O–H groups in total. The average Bonchev–Trinajstić information content (AvgIpc) is 2.51. The second-order valence-corrected chi connectivity index (χ2v) is 7.07. The van der Waals surface area contributed by atoms with Crippen molar-refractivity contribution in [1.29, 1.82) is 0 Å². The van der Waals surface area contributed by atoms with Crippen molar-refractivity contribution in [2.24, 2.45) is 5.41 Å². The van der Waals surface area contributed by atoms with E-state index in [2.05, 4.69) is 30.3 Å². The minimum Gasteiger partial charge on any atom is -0.457 e. The molecule has 0 aliphatic rings. The van der Waals surface area contributed by atoms with E-state index in [0.29, 0.717) is 0 Å². The van der Waals surface area contributed by atoms with Crippen LogP contribution in [0.15, 0.2) is 54.6 Å². The molecule has 0 bridgehead atoms. The number of hydrogen-bond donors (Lipinski definition) is 0. The third-order valence-corrected chi connectivity index (χ3v) is 4.11. The lowest BCUT2D eigenvalue weighted by molar-refractivity contribution is -0.158. The fourth-order valence-corrected chi connectivity index (χ4v) is 2.75. The fraction of sp³-hybridized carbons (Fsp3) is 0.286. The summed E-state index contributed by atoms with van der Waals surface area (Å²) in [5.41, 5.74) is 0.553. The zero-order chi connectivity index (χ0) is 16.6. The van der Waals surface area contributed by atoms with Gasteiger partial charge in [0.15, 0.2) is 0 Å². The van der Waals surface area contributed by atoms with Gasteiger partial charge in [-0.3, -0.25) is 4.79 Å². The van der Waals surface area contributed by atoms with Crippen LogP contribution in [0.1, 0.15) is 39.4 Å². The number of esters is 1. The average molecular weight is 306 g/mol. The molecule has 3 rings (SSSR count). The second kappa shape index (κ2) is 5.69. The number of carbonyl (C=O) groups is 1. The molecule has 0 amide bonds. The Morgan fingerprint density at radius 3 is 2.17 bits per heavy atom. The molecule has 0 radical (unpaired) electrons. The van der Waals surface area contributed by atoms with Crippen LogP contribution in [0, 0.1) is 5.41 Å². The van der Waals surface area contributed by atoms with Crippen LogP contribution < -0.4 is 0 Å². The van der Waals surface area contributed by atoms with Gasteiger partial charge in [-0.15, -0.1) is 0 Å². The Kier molecular flexibility index (Phi) is 3.85. The molecular formula is C21H22O2. The standard InChI is InChI=1S/C21H22O2/c1-14(23-20(22)21(2,3)4)18-11-7-10-17-12-15-8-5-6-9-16(15)13-19(17)18/h5-14H,1-4H3. The molecule has 0 saturated carbocycles. The van der Waals surface area contributed by atoms with Crippen molar-refractivity contribution < 1.29 is 9.53 Å². The Morgan fingerprint density at radius 2 is 1.52 bits per heavy atom. The fourth-order valence-electron chi connectivity index (χ4n) is 2.75. The molecule has 3 aromatic carbocycles. The van der Waals surface area contributed by atoms with Crippen LogP contribution in [0.4, 0.5) is 0 Å². The Morgan fingerprint density at radius 1 is 0.913 bits per heavy atom. The number of hydrogen-bond acceptors (Lipinski definition) is 2. The summed E-state index contributed by atoms with van der Waals surface area (Å²) in [6.45, 7) is 7.56. The monoisotopic (exact) mass is 306 g/mol. The topological polar surface area (TPSA) is 26.3 Å². The van der Waals surface area contributed by atoms with Crippen LogP contribution in [-0.2, 0) is 9.53 Å². The third kappa shape index (κ3) is 3.07. The Hall–Kier alpha value is -2.35. The van der Waals surface area contributed by atoms with Gasteiger partial charge in [0, 0.05) is 5.56 Å². The van der Waals surface area contributed by atoms with E-state index in [9.17, 15) is 4.79 Å². The molecule has 0 spiro atoms. The van der Waals surface area contributed by atoms with Crippen LogP contribution in [0.3, 0.4) is 0 Å². The van der Waals surface area contributed by atoms with Crippen molar-refractivity contribution in [2.45, 2.75) is 33.8 Å². The van der Waals surface area contributed by atoms with Gasteiger partial charge in [-0.05, 0) is 61.4 Å². The molecular weight excluding hydrogens is 284 g/mol. The van der Waals surface area contributed by atoms with Gasteiger partial charge in [0.25, 0.3) is 0 Å². The maximum absolute atomic E-state index is 12.2. The van der Waals surface area contributed by atoms with Crippen molar-refractivity contribution in [3.8, 4) is 0 Å². The van der Waals surface area contributed by atoms with Gasteiger partial charge in [-0.2, -0.15) is 0 Å².